The van der Waals surface area contributed by atoms with Crippen LogP contribution in [0.4, 0.5) is 5.82 Å². The fourth-order valence-corrected chi connectivity index (χ4v) is 6.11. The number of rotatable bonds is 13. The van der Waals surface area contributed by atoms with Gasteiger partial charge in [0.25, 0.3) is 11.5 Å². The third-order valence-corrected chi connectivity index (χ3v) is 8.32. The zero-order valence-electron chi connectivity index (χ0n) is 21.8. The zero-order valence-corrected chi connectivity index (χ0v) is 23.5. The Morgan fingerprint density at radius 1 is 1.00 bits per heavy atom. The van der Waals surface area contributed by atoms with Crippen LogP contribution in [0.15, 0.2) is 34.1 Å². The average molecular weight is 543 g/mol. The van der Waals surface area contributed by atoms with Gasteiger partial charge in [-0.1, -0.05) is 94.8 Å². The third kappa shape index (κ3) is 7.21. The highest BCUT2D eigenvalue weighted by Crippen LogP contribution is 2.34. The van der Waals surface area contributed by atoms with Gasteiger partial charge in [0.2, 0.25) is 0 Å². The van der Waals surface area contributed by atoms with Crippen LogP contribution in [-0.4, -0.2) is 57.4 Å². The SMILES string of the molecule is CCCCCCCCCCCCN1C(=O)C(=Cc2c(N3CCOCC3)nc3ccccn3c2=O)SC1=S. The molecule has 0 bridgehead atoms. The van der Waals surface area contributed by atoms with Gasteiger partial charge in [0.1, 0.15) is 15.8 Å². The summed E-state index contributed by atoms with van der Waals surface area (Å²) >= 11 is 6.83. The minimum atomic E-state index is -0.188. The largest absolute Gasteiger partial charge is 0.378 e. The fraction of sp³-hybridized carbons (Fsp3) is 0.571. The molecule has 2 aliphatic rings. The molecule has 0 spiro atoms. The van der Waals surface area contributed by atoms with E-state index < -0.39 is 0 Å². The molecule has 0 aliphatic carbocycles. The number of aromatic nitrogens is 2. The molecule has 37 heavy (non-hydrogen) atoms. The predicted molar refractivity (Wildman–Crippen MR) is 156 cm³/mol. The molecule has 4 heterocycles. The number of fused-ring (bicyclic) bond motifs is 1. The summed E-state index contributed by atoms with van der Waals surface area (Å²) in [7, 11) is 0. The molecule has 0 aromatic carbocycles. The van der Waals surface area contributed by atoms with Crippen LogP contribution < -0.4 is 10.5 Å². The summed E-state index contributed by atoms with van der Waals surface area (Å²) < 4.78 is 7.59. The van der Waals surface area contributed by atoms with Gasteiger partial charge < -0.3 is 9.64 Å². The first-order chi connectivity index (χ1) is 18.1. The molecule has 0 atom stereocenters. The number of pyridine rings is 1. The second kappa shape index (κ2) is 14.1. The Hall–Kier alpha value is -2.23. The molecule has 0 saturated carbocycles. The summed E-state index contributed by atoms with van der Waals surface area (Å²) in [6.45, 7) is 5.33. The first-order valence-corrected chi connectivity index (χ1v) is 14.9. The molecule has 2 aromatic heterocycles. The van der Waals surface area contributed by atoms with Gasteiger partial charge in [0.15, 0.2) is 0 Å². The molecule has 2 saturated heterocycles. The molecule has 2 fully saturated rings. The van der Waals surface area contributed by atoms with Gasteiger partial charge in [0, 0.05) is 25.8 Å². The van der Waals surface area contributed by atoms with E-state index in [1.165, 1.54) is 67.5 Å². The topological polar surface area (TPSA) is 67.2 Å². The molecule has 9 heteroatoms. The maximum absolute atomic E-state index is 13.5. The van der Waals surface area contributed by atoms with E-state index in [9.17, 15) is 9.59 Å². The molecule has 4 rings (SSSR count). The second-order valence-electron chi connectivity index (χ2n) is 9.70. The van der Waals surface area contributed by atoms with Crippen molar-refractivity contribution in [2.24, 2.45) is 0 Å². The molecular weight excluding hydrogens is 504 g/mol. The Kier molecular flexibility index (Phi) is 10.6. The highest BCUT2D eigenvalue weighted by atomic mass is 32.2. The number of carbonyl (C=O) groups is 1. The monoisotopic (exact) mass is 542 g/mol. The Bertz CT molecular complexity index is 1170. The van der Waals surface area contributed by atoms with Gasteiger partial charge in [-0.15, -0.1) is 0 Å². The number of anilines is 1. The van der Waals surface area contributed by atoms with Crippen LogP contribution in [0.2, 0.25) is 0 Å². The van der Waals surface area contributed by atoms with Gasteiger partial charge >= 0.3 is 0 Å². The van der Waals surface area contributed by atoms with E-state index in [-0.39, 0.29) is 11.5 Å². The van der Waals surface area contributed by atoms with Gasteiger partial charge in [-0.25, -0.2) is 4.98 Å². The van der Waals surface area contributed by atoms with Gasteiger partial charge in [-0.3, -0.25) is 18.9 Å². The lowest BCUT2D eigenvalue weighted by molar-refractivity contribution is -0.122. The van der Waals surface area contributed by atoms with E-state index in [0.29, 0.717) is 59.1 Å². The Labute approximate surface area is 229 Å². The van der Waals surface area contributed by atoms with Crippen molar-refractivity contribution in [1.29, 1.82) is 0 Å². The minimum Gasteiger partial charge on any atom is -0.378 e. The molecule has 0 N–H and O–H groups in total. The number of thiocarbonyl (C=S) groups is 1. The first-order valence-electron chi connectivity index (χ1n) is 13.7. The second-order valence-corrected chi connectivity index (χ2v) is 11.4. The number of nitrogens with zero attached hydrogens (tertiary/aromatic N) is 4. The van der Waals surface area contributed by atoms with Crippen molar-refractivity contribution in [2.75, 3.05) is 37.7 Å². The molecule has 2 aliphatic heterocycles. The standard InChI is InChI=1S/C28H38N4O3S2/c1-2-3-4-5-6-7-8-9-10-12-16-32-27(34)23(37-28(32)36)21-22-25(30-17-19-35-20-18-30)29-24-14-11-13-15-31(24)26(22)33/h11,13-15,21H,2-10,12,16-20H2,1H3. The summed E-state index contributed by atoms with van der Waals surface area (Å²) in [5.41, 5.74) is 0.816. The fourth-order valence-electron chi connectivity index (χ4n) is 4.81. The maximum Gasteiger partial charge on any atom is 0.267 e. The summed E-state index contributed by atoms with van der Waals surface area (Å²) in [5.74, 6) is 0.482. The van der Waals surface area contributed by atoms with E-state index in [4.69, 9.17) is 21.9 Å². The van der Waals surface area contributed by atoms with Crippen molar-refractivity contribution in [3.05, 3.63) is 45.2 Å². The zero-order chi connectivity index (χ0) is 26.0. The molecule has 7 nitrogen and oxygen atoms in total. The smallest absolute Gasteiger partial charge is 0.267 e. The number of amides is 1. The summed E-state index contributed by atoms with van der Waals surface area (Å²) in [4.78, 5) is 35.8. The van der Waals surface area contributed by atoms with E-state index in [1.54, 1.807) is 23.2 Å². The number of thioether (sulfide) groups is 1. The average Bonchev–Trinajstić information content (AvgIpc) is 3.19. The van der Waals surface area contributed by atoms with Crippen molar-refractivity contribution in [2.45, 2.75) is 71.1 Å². The Balaban J connectivity index is 1.40. The number of hydrogen-bond donors (Lipinski definition) is 0. The van der Waals surface area contributed by atoms with Crippen molar-refractivity contribution in [3.8, 4) is 0 Å². The minimum absolute atomic E-state index is 0.114. The predicted octanol–water partition coefficient (Wildman–Crippen LogP) is 5.65. The van der Waals surface area contributed by atoms with Crippen LogP contribution in [0.5, 0.6) is 0 Å². The molecule has 2 aromatic rings. The maximum atomic E-state index is 13.5. The van der Waals surface area contributed by atoms with Crippen molar-refractivity contribution in [3.63, 3.8) is 0 Å². The number of hydrogen-bond acceptors (Lipinski definition) is 7. The summed E-state index contributed by atoms with van der Waals surface area (Å²) in [6.07, 6.45) is 15.9. The number of carbonyl (C=O) groups excluding carboxylic acids is 1. The van der Waals surface area contributed by atoms with Crippen LogP contribution in [0.1, 0.15) is 76.7 Å². The highest BCUT2D eigenvalue weighted by molar-refractivity contribution is 8.26. The molecule has 0 radical (unpaired) electrons. The van der Waals surface area contributed by atoms with Gasteiger partial charge in [-0.2, -0.15) is 0 Å². The summed E-state index contributed by atoms with van der Waals surface area (Å²) in [6, 6.07) is 5.49. The van der Waals surface area contributed by atoms with E-state index in [1.807, 2.05) is 12.1 Å². The molecule has 1 amide bonds. The van der Waals surface area contributed by atoms with E-state index >= 15 is 0 Å². The van der Waals surface area contributed by atoms with Crippen LogP contribution >= 0.6 is 24.0 Å². The lowest BCUT2D eigenvalue weighted by Gasteiger charge is -2.29. The Morgan fingerprint density at radius 3 is 2.38 bits per heavy atom. The third-order valence-electron chi connectivity index (χ3n) is 6.94. The molecule has 200 valence electrons. The molecular formula is C28H38N4O3S2. The van der Waals surface area contributed by atoms with Crippen LogP contribution in [0, 0.1) is 0 Å². The number of ether oxygens (including phenoxy) is 1. The number of morpholine rings is 1. The van der Waals surface area contributed by atoms with Gasteiger partial charge in [-0.05, 0) is 24.6 Å². The van der Waals surface area contributed by atoms with Crippen molar-refractivity contribution in [1.82, 2.24) is 14.3 Å². The quantitative estimate of drug-likeness (QED) is 0.184. The van der Waals surface area contributed by atoms with E-state index in [2.05, 4.69) is 11.8 Å². The lowest BCUT2D eigenvalue weighted by Crippen LogP contribution is -2.38. The van der Waals surface area contributed by atoms with Crippen LogP contribution in [-0.2, 0) is 9.53 Å². The number of unbranched alkanes of at least 4 members (excludes halogenated alkanes) is 9. The normalized spacial score (nSPS) is 17.5. The van der Waals surface area contributed by atoms with Crippen LogP contribution in [0.3, 0.4) is 0 Å². The highest BCUT2D eigenvalue weighted by Gasteiger charge is 2.32. The molecule has 0 unspecified atom stereocenters. The first kappa shape index (κ1) is 27.8. The summed E-state index contributed by atoms with van der Waals surface area (Å²) in [5, 5.41) is 0. The van der Waals surface area contributed by atoms with Gasteiger partial charge in [0.05, 0.1) is 23.7 Å². The lowest BCUT2D eigenvalue weighted by atomic mass is 10.1. The Morgan fingerprint density at radius 2 is 1.68 bits per heavy atom. The van der Waals surface area contributed by atoms with Crippen molar-refractivity contribution >= 4 is 51.7 Å². The van der Waals surface area contributed by atoms with E-state index in [0.717, 1.165) is 12.8 Å². The van der Waals surface area contributed by atoms with Crippen molar-refractivity contribution < 1.29 is 9.53 Å². The van der Waals surface area contributed by atoms with Crippen LogP contribution in [0.25, 0.3) is 11.7 Å².